The third kappa shape index (κ3) is 3.69. The lowest BCUT2D eigenvalue weighted by Gasteiger charge is -2.14. The number of benzene rings is 4. The SMILES string of the molecule is CCOC(=O)c1ccccc1Nc1nc2ccccc2n1Cc1cccc2ccccc12. The molecule has 5 aromatic rings. The minimum Gasteiger partial charge on any atom is -0.462 e. The molecule has 1 N–H and O–H groups in total. The van der Waals surface area contributed by atoms with Crippen LogP contribution in [0.5, 0.6) is 0 Å². The van der Waals surface area contributed by atoms with E-state index in [1.165, 1.54) is 16.3 Å². The van der Waals surface area contributed by atoms with Gasteiger partial charge < -0.3 is 14.6 Å². The Hall–Kier alpha value is -4.12. The number of rotatable bonds is 6. The molecule has 4 aromatic carbocycles. The molecular formula is C27H23N3O2. The summed E-state index contributed by atoms with van der Waals surface area (Å²) in [6.07, 6.45) is 0. The van der Waals surface area contributed by atoms with Crippen molar-refractivity contribution in [2.75, 3.05) is 11.9 Å². The Morgan fingerprint density at radius 2 is 1.66 bits per heavy atom. The monoisotopic (exact) mass is 421 g/mol. The van der Waals surface area contributed by atoms with E-state index in [2.05, 4.69) is 58.4 Å². The van der Waals surface area contributed by atoms with Gasteiger partial charge in [0.15, 0.2) is 0 Å². The Kier molecular flexibility index (Phi) is 5.30. The quantitative estimate of drug-likeness (QED) is 0.334. The minimum absolute atomic E-state index is 0.326. The molecule has 0 radical (unpaired) electrons. The molecule has 5 nitrogen and oxygen atoms in total. The van der Waals surface area contributed by atoms with Gasteiger partial charge in [-0.1, -0.05) is 66.7 Å². The summed E-state index contributed by atoms with van der Waals surface area (Å²) in [5.41, 5.74) is 4.27. The molecule has 0 aliphatic heterocycles. The second-order valence-corrected chi connectivity index (χ2v) is 7.54. The average Bonchev–Trinajstić information content (AvgIpc) is 3.17. The molecule has 0 saturated carbocycles. The lowest BCUT2D eigenvalue weighted by atomic mass is 10.0. The molecule has 0 aliphatic rings. The molecule has 0 aliphatic carbocycles. The molecule has 0 bridgehead atoms. The third-order valence-corrected chi connectivity index (χ3v) is 5.53. The molecule has 32 heavy (non-hydrogen) atoms. The number of anilines is 2. The van der Waals surface area contributed by atoms with E-state index >= 15 is 0 Å². The van der Waals surface area contributed by atoms with E-state index in [9.17, 15) is 4.79 Å². The summed E-state index contributed by atoms with van der Waals surface area (Å²) >= 11 is 0. The molecular weight excluding hydrogens is 398 g/mol. The number of aromatic nitrogens is 2. The minimum atomic E-state index is -0.354. The first kappa shape index (κ1) is 19.8. The van der Waals surface area contributed by atoms with Crippen LogP contribution in [-0.2, 0) is 11.3 Å². The molecule has 0 spiro atoms. The number of nitrogens with one attached hydrogen (secondary N) is 1. The van der Waals surface area contributed by atoms with Gasteiger partial charge in [-0.15, -0.1) is 0 Å². The molecule has 1 aromatic heterocycles. The van der Waals surface area contributed by atoms with Crippen molar-refractivity contribution in [3.63, 3.8) is 0 Å². The smallest absolute Gasteiger partial charge is 0.340 e. The van der Waals surface area contributed by atoms with Crippen LogP contribution in [0.15, 0.2) is 91.0 Å². The van der Waals surface area contributed by atoms with Gasteiger partial charge in [-0.05, 0) is 47.5 Å². The topological polar surface area (TPSA) is 56.1 Å². The summed E-state index contributed by atoms with van der Waals surface area (Å²) in [6.45, 7) is 2.77. The number of hydrogen-bond acceptors (Lipinski definition) is 4. The van der Waals surface area contributed by atoms with Crippen molar-refractivity contribution in [2.45, 2.75) is 13.5 Å². The summed E-state index contributed by atoms with van der Waals surface area (Å²) in [6, 6.07) is 30.1. The average molecular weight is 422 g/mol. The maximum atomic E-state index is 12.5. The van der Waals surface area contributed by atoms with Crippen LogP contribution >= 0.6 is 0 Å². The van der Waals surface area contributed by atoms with E-state index in [1.807, 2.05) is 36.4 Å². The van der Waals surface area contributed by atoms with Crippen molar-refractivity contribution < 1.29 is 9.53 Å². The van der Waals surface area contributed by atoms with E-state index in [-0.39, 0.29) is 5.97 Å². The van der Waals surface area contributed by atoms with E-state index in [1.54, 1.807) is 13.0 Å². The van der Waals surface area contributed by atoms with Crippen LogP contribution in [0, 0.1) is 0 Å². The van der Waals surface area contributed by atoms with Gasteiger partial charge in [0.05, 0.1) is 35.4 Å². The number of ether oxygens (including phenoxy) is 1. The van der Waals surface area contributed by atoms with Gasteiger partial charge in [-0.25, -0.2) is 9.78 Å². The van der Waals surface area contributed by atoms with Crippen LogP contribution in [0.4, 0.5) is 11.6 Å². The lowest BCUT2D eigenvalue weighted by Crippen LogP contribution is -2.10. The van der Waals surface area contributed by atoms with Gasteiger partial charge in [-0.3, -0.25) is 0 Å². The summed E-state index contributed by atoms with van der Waals surface area (Å²) in [5, 5.41) is 5.81. The number of esters is 1. The van der Waals surface area contributed by atoms with Gasteiger partial charge in [0.25, 0.3) is 0 Å². The standard InChI is InChI=1S/C27H23N3O2/c1-2-32-26(31)22-14-5-6-15-23(22)28-27-29-24-16-7-8-17-25(24)30(27)18-20-12-9-11-19-10-3-4-13-21(19)20/h3-17H,2,18H2,1H3,(H,28,29). The zero-order chi connectivity index (χ0) is 21.9. The summed E-state index contributed by atoms with van der Waals surface area (Å²) < 4.78 is 7.38. The third-order valence-electron chi connectivity index (χ3n) is 5.53. The molecule has 5 heteroatoms. The van der Waals surface area contributed by atoms with Crippen LogP contribution in [0.1, 0.15) is 22.8 Å². The predicted octanol–water partition coefficient (Wildman–Crippen LogP) is 6.16. The Balaban J connectivity index is 1.60. The first-order valence-electron chi connectivity index (χ1n) is 10.7. The maximum Gasteiger partial charge on any atom is 0.340 e. The summed E-state index contributed by atoms with van der Waals surface area (Å²) in [4.78, 5) is 17.3. The van der Waals surface area contributed by atoms with E-state index in [4.69, 9.17) is 9.72 Å². The summed E-state index contributed by atoms with van der Waals surface area (Å²) in [5.74, 6) is 0.322. The Bertz CT molecular complexity index is 1420. The Labute approximate surface area is 186 Å². The highest BCUT2D eigenvalue weighted by Crippen LogP contribution is 2.28. The fraction of sp³-hybridized carbons (Fsp3) is 0.111. The molecule has 5 rings (SSSR count). The summed E-state index contributed by atoms with van der Waals surface area (Å²) in [7, 11) is 0. The second kappa shape index (κ2) is 8.55. The molecule has 0 saturated heterocycles. The molecule has 0 amide bonds. The number of carbonyl (C=O) groups is 1. The van der Waals surface area contributed by atoms with Crippen molar-refractivity contribution in [3.05, 3.63) is 102 Å². The van der Waals surface area contributed by atoms with E-state index in [0.29, 0.717) is 30.4 Å². The zero-order valence-corrected chi connectivity index (χ0v) is 17.8. The molecule has 0 atom stereocenters. The van der Waals surface area contributed by atoms with E-state index < -0.39 is 0 Å². The van der Waals surface area contributed by atoms with Crippen LogP contribution in [0.25, 0.3) is 21.8 Å². The van der Waals surface area contributed by atoms with Crippen molar-refractivity contribution in [2.24, 2.45) is 0 Å². The highest BCUT2D eigenvalue weighted by Gasteiger charge is 2.16. The van der Waals surface area contributed by atoms with Crippen molar-refractivity contribution in [1.29, 1.82) is 0 Å². The first-order valence-corrected chi connectivity index (χ1v) is 10.7. The highest BCUT2D eigenvalue weighted by molar-refractivity contribution is 5.96. The lowest BCUT2D eigenvalue weighted by molar-refractivity contribution is 0.0527. The number of carbonyl (C=O) groups excluding carboxylic acids is 1. The Morgan fingerprint density at radius 1 is 0.906 bits per heavy atom. The number of fused-ring (bicyclic) bond motifs is 2. The number of imidazole rings is 1. The second-order valence-electron chi connectivity index (χ2n) is 7.54. The van der Waals surface area contributed by atoms with Crippen molar-refractivity contribution in [3.8, 4) is 0 Å². The van der Waals surface area contributed by atoms with E-state index in [0.717, 1.165) is 11.0 Å². The molecule has 1 heterocycles. The van der Waals surface area contributed by atoms with Gasteiger partial charge in [-0.2, -0.15) is 0 Å². The number of para-hydroxylation sites is 3. The Morgan fingerprint density at radius 3 is 2.56 bits per heavy atom. The van der Waals surface area contributed by atoms with Crippen molar-refractivity contribution >= 4 is 39.4 Å². The van der Waals surface area contributed by atoms with Crippen LogP contribution in [-0.4, -0.2) is 22.1 Å². The fourth-order valence-electron chi connectivity index (χ4n) is 4.03. The van der Waals surface area contributed by atoms with Crippen LogP contribution < -0.4 is 5.32 Å². The molecule has 158 valence electrons. The zero-order valence-electron chi connectivity index (χ0n) is 17.8. The maximum absolute atomic E-state index is 12.5. The van der Waals surface area contributed by atoms with Gasteiger partial charge >= 0.3 is 5.97 Å². The van der Waals surface area contributed by atoms with Gasteiger partial charge in [0.1, 0.15) is 0 Å². The molecule has 0 fully saturated rings. The normalized spacial score (nSPS) is 11.0. The van der Waals surface area contributed by atoms with Crippen molar-refractivity contribution in [1.82, 2.24) is 9.55 Å². The number of nitrogens with zero attached hydrogens (tertiary/aromatic N) is 2. The highest BCUT2D eigenvalue weighted by atomic mass is 16.5. The van der Waals surface area contributed by atoms with Gasteiger partial charge in [0, 0.05) is 0 Å². The predicted molar refractivity (Wildman–Crippen MR) is 128 cm³/mol. The fourth-order valence-corrected chi connectivity index (χ4v) is 4.03. The van der Waals surface area contributed by atoms with Crippen LogP contribution in [0.2, 0.25) is 0 Å². The molecule has 0 unspecified atom stereocenters. The first-order chi connectivity index (χ1) is 15.7. The van der Waals surface area contributed by atoms with Gasteiger partial charge in [0.2, 0.25) is 5.95 Å². The largest absolute Gasteiger partial charge is 0.462 e. The van der Waals surface area contributed by atoms with Crippen LogP contribution in [0.3, 0.4) is 0 Å². The number of hydrogen-bond donors (Lipinski definition) is 1.